The molecule has 3 rings (SSSR count). The summed E-state index contributed by atoms with van der Waals surface area (Å²) in [5.74, 6) is 0.805. The average molecular weight is 215 g/mol. The van der Waals surface area contributed by atoms with Crippen LogP contribution in [-0.4, -0.2) is 24.0 Å². The molecule has 1 heteroatoms. The van der Waals surface area contributed by atoms with E-state index in [0.717, 1.165) is 12.0 Å². The van der Waals surface area contributed by atoms with Gasteiger partial charge in [-0.05, 0) is 50.3 Å². The fraction of sp³-hybridized carbons (Fsp3) is 0.600. The van der Waals surface area contributed by atoms with Crippen LogP contribution in [-0.2, 0) is 0 Å². The molecule has 0 amide bonds. The van der Waals surface area contributed by atoms with Gasteiger partial charge in [-0.1, -0.05) is 36.8 Å². The van der Waals surface area contributed by atoms with Gasteiger partial charge >= 0.3 is 0 Å². The summed E-state index contributed by atoms with van der Waals surface area (Å²) in [6, 6.07) is 12.0. The number of hydrogen-bond acceptors (Lipinski definition) is 1. The van der Waals surface area contributed by atoms with Gasteiger partial charge in [-0.3, -0.25) is 4.90 Å². The first-order valence-electron chi connectivity index (χ1n) is 6.74. The van der Waals surface area contributed by atoms with Crippen molar-refractivity contribution in [2.24, 2.45) is 0 Å². The van der Waals surface area contributed by atoms with Gasteiger partial charge in [-0.15, -0.1) is 0 Å². The van der Waals surface area contributed by atoms with Crippen LogP contribution in [0.5, 0.6) is 0 Å². The second kappa shape index (κ2) is 4.58. The molecule has 16 heavy (non-hydrogen) atoms. The molecule has 86 valence electrons. The van der Waals surface area contributed by atoms with Gasteiger partial charge in [0, 0.05) is 6.04 Å². The first-order valence-corrected chi connectivity index (χ1v) is 6.74. The second-order valence-corrected chi connectivity index (χ2v) is 5.26. The fourth-order valence-electron chi connectivity index (χ4n) is 3.54. The van der Waals surface area contributed by atoms with E-state index in [-0.39, 0.29) is 0 Å². The monoisotopic (exact) mass is 215 g/mol. The first kappa shape index (κ1) is 10.3. The Balaban J connectivity index is 1.78. The SMILES string of the molecule is c1ccc([C@H]2CCC[C@H]2N2CCCC2)cc1. The van der Waals surface area contributed by atoms with E-state index in [4.69, 9.17) is 0 Å². The van der Waals surface area contributed by atoms with Crippen LogP contribution in [0.25, 0.3) is 0 Å². The lowest BCUT2D eigenvalue weighted by Gasteiger charge is -2.29. The highest BCUT2D eigenvalue weighted by molar-refractivity contribution is 5.22. The van der Waals surface area contributed by atoms with Crippen LogP contribution >= 0.6 is 0 Å². The van der Waals surface area contributed by atoms with Crippen molar-refractivity contribution in [1.29, 1.82) is 0 Å². The molecule has 1 saturated carbocycles. The van der Waals surface area contributed by atoms with E-state index >= 15 is 0 Å². The van der Waals surface area contributed by atoms with Crippen LogP contribution in [0.3, 0.4) is 0 Å². The minimum absolute atomic E-state index is 0.805. The van der Waals surface area contributed by atoms with Crippen molar-refractivity contribution in [1.82, 2.24) is 4.90 Å². The van der Waals surface area contributed by atoms with Gasteiger partial charge in [0.2, 0.25) is 0 Å². The molecule has 1 aliphatic heterocycles. The molecule has 0 aromatic heterocycles. The van der Waals surface area contributed by atoms with Crippen LogP contribution in [0.4, 0.5) is 0 Å². The van der Waals surface area contributed by atoms with Crippen molar-refractivity contribution in [3.8, 4) is 0 Å². The average Bonchev–Trinajstić information content (AvgIpc) is 3.01. The smallest absolute Gasteiger partial charge is 0.0164 e. The summed E-state index contributed by atoms with van der Waals surface area (Å²) in [4.78, 5) is 2.74. The van der Waals surface area contributed by atoms with Crippen molar-refractivity contribution in [2.75, 3.05) is 13.1 Å². The Bertz CT molecular complexity index is 327. The summed E-state index contributed by atoms with van der Waals surface area (Å²) in [6.45, 7) is 2.68. The zero-order valence-corrected chi connectivity index (χ0v) is 9.94. The molecule has 1 heterocycles. The molecular weight excluding hydrogens is 194 g/mol. The number of hydrogen-bond donors (Lipinski definition) is 0. The highest BCUT2D eigenvalue weighted by Gasteiger charge is 2.33. The molecule has 1 aromatic carbocycles. The Morgan fingerprint density at radius 1 is 0.875 bits per heavy atom. The van der Waals surface area contributed by atoms with Crippen molar-refractivity contribution in [3.63, 3.8) is 0 Å². The van der Waals surface area contributed by atoms with Crippen LogP contribution in [0.2, 0.25) is 0 Å². The normalized spacial score (nSPS) is 31.0. The van der Waals surface area contributed by atoms with Gasteiger partial charge in [0.05, 0.1) is 0 Å². The van der Waals surface area contributed by atoms with E-state index in [2.05, 4.69) is 35.2 Å². The molecule has 2 aliphatic rings. The molecule has 0 spiro atoms. The highest BCUT2D eigenvalue weighted by atomic mass is 15.2. The Kier molecular flexibility index (Phi) is 2.96. The summed E-state index contributed by atoms with van der Waals surface area (Å²) < 4.78 is 0. The second-order valence-electron chi connectivity index (χ2n) is 5.26. The third-order valence-corrected chi connectivity index (χ3v) is 4.32. The third-order valence-electron chi connectivity index (χ3n) is 4.32. The van der Waals surface area contributed by atoms with Gasteiger partial charge in [-0.25, -0.2) is 0 Å². The number of likely N-dealkylation sites (tertiary alicyclic amines) is 1. The summed E-state index contributed by atoms with van der Waals surface area (Å²) in [6.07, 6.45) is 7.06. The summed E-state index contributed by atoms with van der Waals surface area (Å²) >= 11 is 0. The maximum absolute atomic E-state index is 2.74. The van der Waals surface area contributed by atoms with Crippen molar-refractivity contribution in [2.45, 2.75) is 44.1 Å². The highest BCUT2D eigenvalue weighted by Crippen LogP contribution is 2.38. The molecule has 1 aromatic rings. The molecule has 1 saturated heterocycles. The van der Waals surface area contributed by atoms with E-state index in [1.807, 2.05) is 0 Å². The first-order chi connectivity index (χ1) is 7.95. The topological polar surface area (TPSA) is 3.24 Å². The fourth-order valence-corrected chi connectivity index (χ4v) is 3.54. The summed E-state index contributed by atoms with van der Waals surface area (Å²) in [7, 11) is 0. The van der Waals surface area contributed by atoms with Crippen molar-refractivity contribution in [3.05, 3.63) is 35.9 Å². The molecule has 0 radical (unpaired) electrons. The predicted octanol–water partition coefficient (Wildman–Crippen LogP) is 3.42. The molecule has 2 fully saturated rings. The van der Waals surface area contributed by atoms with Gasteiger partial charge in [0.1, 0.15) is 0 Å². The van der Waals surface area contributed by atoms with Crippen LogP contribution in [0.15, 0.2) is 30.3 Å². The van der Waals surface area contributed by atoms with E-state index in [1.165, 1.54) is 45.2 Å². The van der Waals surface area contributed by atoms with Crippen molar-refractivity contribution < 1.29 is 0 Å². The number of benzene rings is 1. The van der Waals surface area contributed by atoms with E-state index in [9.17, 15) is 0 Å². The lowest BCUT2D eigenvalue weighted by atomic mass is 9.93. The molecule has 2 atom stereocenters. The van der Waals surface area contributed by atoms with Gasteiger partial charge < -0.3 is 0 Å². The quantitative estimate of drug-likeness (QED) is 0.730. The van der Waals surface area contributed by atoms with E-state index in [0.29, 0.717) is 0 Å². The zero-order chi connectivity index (χ0) is 10.8. The number of nitrogens with zero attached hydrogens (tertiary/aromatic N) is 1. The molecule has 0 N–H and O–H groups in total. The minimum atomic E-state index is 0.805. The largest absolute Gasteiger partial charge is 0.300 e. The Labute approximate surface area is 98.5 Å². The van der Waals surface area contributed by atoms with Crippen LogP contribution in [0, 0.1) is 0 Å². The van der Waals surface area contributed by atoms with Gasteiger partial charge in [0.15, 0.2) is 0 Å². The molecule has 1 aliphatic carbocycles. The maximum atomic E-state index is 2.74. The summed E-state index contributed by atoms with van der Waals surface area (Å²) in [5, 5.41) is 0. The third kappa shape index (κ3) is 1.89. The molecule has 0 bridgehead atoms. The zero-order valence-electron chi connectivity index (χ0n) is 9.94. The van der Waals surface area contributed by atoms with E-state index in [1.54, 1.807) is 5.56 Å². The van der Waals surface area contributed by atoms with Gasteiger partial charge in [-0.2, -0.15) is 0 Å². The lowest BCUT2D eigenvalue weighted by Crippen LogP contribution is -2.34. The molecular formula is C15H21N. The molecule has 0 unspecified atom stereocenters. The van der Waals surface area contributed by atoms with Crippen LogP contribution < -0.4 is 0 Å². The molecule has 1 nitrogen and oxygen atoms in total. The Hall–Kier alpha value is -0.820. The maximum Gasteiger partial charge on any atom is 0.0164 e. The van der Waals surface area contributed by atoms with Crippen LogP contribution in [0.1, 0.15) is 43.6 Å². The minimum Gasteiger partial charge on any atom is -0.300 e. The standard InChI is InChI=1S/C15H21N/c1-2-7-13(8-3-1)14-9-6-10-15(14)16-11-4-5-12-16/h1-3,7-8,14-15H,4-6,9-12H2/t14-,15-/m1/s1. The van der Waals surface area contributed by atoms with E-state index < -0.39 is 0 Å². The Morgan fingerprint density at radius 2 is 1.62 bits per heavy atom. The van der Waals surface area contributed by atoms with Crippen molar-refractivity contribution >= 4 is 0 Å². The Morgan fingerprint density at radius 3 is 2.38 bits per heavy atom. The summed E-state index contributed by atoms with van der Waals surface area (Å²) in [5.41, 5.74) is 1.57. The predicted molar refractivity (Wildman–Crippen MR) is 67.6 cm³/mol. The van der Waals surface area contributed by atoms with Gasteiger partial charge in [0.25, 0.3) is 0 Å². The lowest BCUT2D eigenvalue weighted by molar-refractivity contribution is 0.228. The number of rotatable bonds is 2.